The highest BCUT2D eigenvalue weighted by Gasteiger charge is 2.29. The molecule has 0 radical (unpaired) electrons. The molecule has 0 heterocycles. The predicted octanol–water partition coefficient (Wildman–Crippen LogP) is -0.0996. The summed E-state index contributed by atoms with van der Waals surface area (Å²) in [4.78, 5) is 23.4. The second kappa shape index (κ2) is 18.2. The molecule has 0 aliphatic rings. The van der Waals surface area contributed by atoms with Gasteiger partial charge in [0.05, 0.1) is 52.9 Å². The van der Waals surface area contributed by atoms with Crippen molar-refractivity contribution >= 4 is 11.9 Å². The average Bonchev–Trinajstić information content (AvgIpc) is 2.82. The molecule has 0 atom stereocenters. The van der Waals surface area contributed by atoms with Crippen LogP contribution in [0.2, 0.25) is 0 Å². The van der Waals surface area contributed by atoms with E-state index in [-0.39, 0.29) is 90.5 Å². The minimum atomic E-state index is -1.03. The third-order valence-corrected chi connectivity index (χ3v) is 5.82. The zero-order valence-electron chi connectivity index (χ0n) is 19.0. The molecule has 0 spiro atoms. The molecule has 0 aliphatic heterocycles. The van der Waals surface area contributed by atoms with Crippen LogP contribution in [0.3, 0.4) is 0 Å². The fourth-order valence-electron chi connectivity index (χ4n) is 2.93. The molecule has 0 aromatic heterocycles. The standard InChI is InChI=1S/C22H42O10/c23-13-21(14-24,15-25)9-11-31-19(29)7-5-3-1-2-4-6-8-20(30)32-12-10-22(16-26,17-27)18-28/h23-28H,1-18H2. The van der Waals surface area contributed by atoms with Crippen molar-refractivity contribution in [3.63, 3.8) is 0 Å². The van der Waals surface area contributed by atoms with Crippen LogP contribution in [0.15, 0.2) is 0 Å². The second-order valence-corrected chi connectivity index (χ2v) is 8.51. The molecule has 0 saturated carbocycles. The maximum atomic E-state index is 11.7. The molecule has 6 N–H and O–H groups in total. The molecule has 0 aromatic carbocycles. The first kappa shape index (κ1) is 30.7. The monoisotopic (exact) mass is 466 g/mol. The number of carbonyl (C=O) groups is 2. The molecule has 0 amide bonds. The summed E-state index contributed by atoms with van der Waals surface area (Å²) in [6.07, 6.45) is 5.90. The molecule has 0 saturated heterocycles. The van der Waals surface area contributed by atoms with Crippen molar-refractivity contribution in [2.75, 3.05) is 52.9 Å². The Morgan fingerprint density at radius 1 is 0.500 bits per heavy atom. The maximum Gasteiger partial charge on any atom is 0.305 e. The number of ether oxygens (including phenoxy) is 2. The van der Waals surface area contributed by atoms with E-state index in [9.17, 15) is 40.2 Å². The number of aliphatic hydroxyl groups excluding tert-OH is 6. The third-order valence-electron chi connectivity index (χ3n) is 5.82. The topological polar surface area (TPSA) is 174 Å². The molecule has 0 fully saturated rings. The van der Waals surface area contributed by atoms with Crippen molar-refractivity contribution in [1.82, 2.24) is 0 Å². The minimum Gasteiger partial charge on any atom is -0.466 e. The zero-order chi connectivity index (χ0) is 24.3. The van der Waals surface area contributed by atoms with Gasteiger partial charge in [-0.05, 0) is 25.7 Å². The first-order chi connectivity index (χ1) is 15.4. The maximum absolute atomic E-state index is 11.7. The van der Waals surface area contributed by atoms with Crippen LogP contribution in [-0.2, 0) is 19.1 Å². The van der Waals surface area contributed by atoms with Gasteiger partial charge in [0.1, 0.15) is 0 Å². The van der Waals surface area contributed by atoms with Crippen LogP contribution in [0.25, 0.3) is 0 Å². The molecule has 0 unspecified atom stereocenters. The van der Waals surface area contributed by atoms with Crippen LogP contribution in [0, 0.1) is 10.8 Å². The second-order valence-electron chi connectivity index (χ2n) is 8.51. The summed E-state index contributed by atoms with van der Waals surface area (Å²) < 4.78 is 10.2. The summed E-state index contributed by atoms with van der Waals surface area (Å²) in [5, 5.41) is 55.3. The molecule has 0 aliphatic carbocycles. The van der Waals surface area contributed by atoms with Gasteiger partial charge in [-0.1, -0.05) is 25.7 Å². The van der Waals surface area contributed by atoms with E-state index in [0.717, 1.165) is 25.7 Å². The highest BCUT2D eigenvalue weighted by atomic mass is 16.5. The van der Waals surface area contributed by atoms with Gasteiger partial charge in [-0.3, -0.25) is 9.59 Å². The summed E-state index contributed by atoms with van der Waals surface area (Å²) in [6.45, 7) is -2.21. The quantitative estimate of drug-likeness (QED) is 0.0990. The van der Waals surface area contributed by atoms with Crippen molar-refractivity contribution in [3.8, 4) is 0 Å². The van der Waals surface area contributed by atoms with Crippen molar-refractivity contribution in [3.05, 3.63) is 0 Å². The largest absolute Gasteiger partial charge is 0.466 e. The van der Waals surface area contributed by atoms with Crippen molar-refractivity contribution in [2.24, 2.45) is 10.8 Å². The van der Waals surface area contributed by atoms with Gasteiger partial charge in [-0.2, -0.15) is 0 Å². The molecule has 32 heavy (non-hydrogen) atoms. The Balaban J connectivity index is 3.67. The summed E-state index contributed by atoms with van der Waals surface area (Å²) in [6, 6.07) is 0. The van der Waals surface area contributed by atoms with E-state index in [2.05, 4.69) is 0 Å². The van der Waals surface area contributed by atoms with Gasteiger partial charge in [0.25, 0.3) is 0 Å². The third kappa shape index (κ3) is 12.7. The smallest absolute Gasteiger partial charge is 0.305 e. The number of carbonyl (C=O) groups excluding carboxylic acids is 2. The summed E-state index contributed by atoms with van der Waals surface area (Å²) in [5.74, 6) is -0.689. The zero-order valence-corrected chi connectivity index (χ0v) is 19.0. The number of esters is 2. The van der Waals surface area contributed by atoms with E-state index >= 15 is 0 Å². The lowest BCUT2D eigenvalue weighted by atomic mass is 9.88. The van der Waals surface area contributed by atoms with E-state index in [1.54, 1.807) is 0 Å². The van der Waals surface area contributed by atoms with Crippen LogP contribution in [0.1, 0.15) is 64.2 Å². The molecular weight excluding hydrogens is 424 g/mol. The summed E-state index contributed by atoms with van der Waals surface area (Å²) in [7, 11) is 0. The van der Waals surface area contributed by atoms with Gasteiger partial charge in [-0.25, -0.2) is 0 Å². The fraction of sp³-hybridized carbons (Fsp3) is 0.909. The average molecular weight is 467 g/mol. The predicted molar refractivity (Wildman–Crippen MR) is 115 cm³/mol. The summed E-state index contributed by atoms with van der Waals surface area (Å²) in [5.41, 5.74) is -2.06. The molecule has 0 rings (SSSR count). The Morgan fingerprint density at radius 2 is 0.781 bits per heavy atom. The Hall–Kier alpha value is -1.30. The number of hydrogen-bond acceptors (Lipinski definition) is 10. The molecule has 10 nitrogen and oxygen atoms in total. The lowest BCUT2D eigenvalue weighted by molar-refractivity contribution is -0.146. The minimum absolute atomic E-state index is 0.0393. The first-order valence-corrected chi connectivity index (χ1v) is 11.3. The van der Waals surface area contributed by atoms with E-state index in [4.69, 9.17) is 9.47 Å². The Bertz CT molecular complexity index is 429. The van der Waals surface area contributed by atoms with E-state index in [0.29, 0.717) is 12.8 Å². The van der Waals surface area contributed by atoms with E-state index < -0.39 is 10.8 Å². The van der Waals surface area contributed by atoms with Crippen molar-refractivity contribution < 1.29 is 49.7 Å². The first-order valence-electron chi connectivity index (χ1n) is 11.3. The number of rotatable bonds is 21. The Labute approximate surface area is 190 Å². The van der Waals surface area contributed by atoms with Gasteiger partial charge < -0.3 is 40.1 Å². The van der Waals surface area contributed by atoms with Crippen molar-refractivity contribution in [2.45, 2.75) is 64.2 Å². The number of aliphatic hydroxyl groups is 6. The number of hydrogen-bond donors (Lipinski definition) is 6. The number of unbranched alkanes of at least 4 members (excludes halogenated alkanes) is 5. The Kier molecular flexibility index (Phi) is 17.4. The van der Waals surface area contributed by atoms with Crippen LogP contribution >= 0.6 is 0 Å². The molecule has 0 bridgehead atoms. The molecule has 190 valence electrons. The lowest BCUT2D eigenvalue weighted by Crippen LogP contribution is -2.35. The molecular formula is C22H42O10. The highest BCUT2D eigenvalue weighted by molar-refractivity contribution is 5.69. The van der Waals surface area contributed by atoms with E-state index in [1.807, 2.05) is 0 Å². The van der Waals surface area contributed by atoms with Crippen LogP contribution in [-0.4, -0.2) is 95.4 Å². The normalized spacial score (nSPS) is 12.1. The van der Waals surface area contributed by atoms with Gasteiger partial charge in [0.2, 0.25) is 0 Å². The SMILES string of the molecule is O=C(CCCCCCCCC(=O)OCCC(CO)(CO)CO)OCCC(CO)(CO)CO. The van der Waals surface area contributed by atoms with Crippen LogP contribution < -0.4 is 0 Å². The summed E-state index contributed by atoms with van der Waals surface area (Å²) >= 11 is 0. The van der Waals surface area contributed by atoms with Gasteiger partial charge in [0.15, 0.2) is 0 Å². The lowest BCUT2D eigenvalue weighted by Gasteiger charge is -2.26. The highest BCUT2D eigenvalue weighted by Crippen LogP contribution is 2.21. The molecule has 0 aromatic rings. The Morgan fingerprint density at radius 3 is 1.06 bits per heavy atom. The van der Waals surface area contributed by atoms with Crippen LogP contribution in [0.4, 0.5) is 0 Å². The van der Waals surface area contributed by atoms with Gasteiger partial charge in [0, 0.05) is 23.7 Å². The van der Waals surface area contributed by atoms with Gasteiger partial charge >= 0.3 is 11.9 Å². The fourth-order valence-corrected chi connectivity index (χ4v) is 2.93. The van der Waals surface area contributed by atoms with E-state index in [1.165, 1.54) is 0 Å². The van der Waals surface area contributed by atoms with Crippen LogP contribution in [0.5, 0.6) is 0 Å². The molecule has 10 heteroatoms. The van der Waals surface area contributed by atoms with Crippen molar-refractivity contribution in [1.29, 1.82) is 0 Å². The van der Waals surface area contributed by atoms with Gasteiger partial charge in [-0.15, -0.1) is 0 Å².